The number of hydrogen-bond acceptors (Lipinski definition) is 5. The summed E-state index contributed by atoms with van der Waals surface area (Å²) >= 11 is 0. The van der Waals surface area contributed by atoms with Crippen LogP contribution in [-0.2, 0) is 4.79 Å². The molecule has 0 aromatic heterocycles. The molecule has 1 aliphatic carbocycles. The van der Waals surface area contributed by atoms with Gasteiger partial charge in [-0.3, -0.25) is 0 Å². The molecule has 0 aromatic carbocycles. The Bertz CT molecular complexity index is 325. The van der Waals surface area contributed by atoms with Crippen LogP contribution >= 0.6 is 0 Å². The normalized spacial score (nSPS) is 51.2. The van der Waals surface area contributed by atoms with Crippen LogP contribution in [0, 0.1) is 5.92 Å². The van der Waals surface area contributed by atoms with Crippen molar-refractivity contribution in [1.82, 2.24) is 10.0 Å². The minimum absolute atomic E-state index is 0.00875. The maximum atomic E-state index is 11.1. The van der Waals surface area contributed by atoms with Gasteiger partial charge < -0.3 is 15.0 Å². The molecule has 0 radical (unpaired) electrons. The zero-order valence-electron chi connectivity index (χ0n) is 10.1. The quantitative estimate of drug-likeness (QED) is 0.630. The van der Waals surface area contributed by atoms with Crippen LogP contribution in [0.5, 0.6) is 0 Å². The highest BCUT2D eigenvalue weighted by molar-refractivity contribution is 5.58. The van der Waals surface area contributed by atoms with Gasteiger partial charge in [0.25, 0.3) is 0 Å². The summed E-state index contributed by atoms with van der Waals surface area (Å²) in [6.45, 7) is 2.97. The first-order chi connectivity index (χ1) is 8.15. The number of aldehydes is 1. The summed E-state index contributed by atoms with van der Waals surface area (Å²) in [5, 5.41) is 24.1. The lowest BCUT2D eigenvalue weighted by Gasteiger charge is -2.44. The highest BCUT2D eigenvalue weighted by Gasteiger charge is 2.57. The van der Waals surface area contributed by atoms with Gasteiger partial charge in [0.05, 0.1) is 24.3 Å². The van der Waals surface area contributed by atoms with Gasteiger partial charge in [-0.15, -0.1) is 0 Å². The number of nitrogens with zero attached hydrogens (tertiary/aromatic N) is 2. The summed E-state index contributed by atoms with van der Waals surface area (Å²) in [7, 11) is 0. The van der Waals surface area contributed by atoms with Gasteiger partial charge in [0, 0.05) is 18.5 Å². The summed E-state index contributed by atoms with van der Waals surface area (Å²) in [5.41, 5.74) is 0. The van der Waals surface area contributed by atoms with E-state index >= 15 is 0 Å². The molecule has 0 aromatic rings. The van der Waals surface area contributed by atoms with Crippen LogP contribution in [-0.4, -0.2) is 63.4 Å². The van der Waals surface area contributed by atoms with E-state index in [0.29, 0.717) is 0 Å². The summed E-state index contributed by atoms with van der Waals surface area (Å²) in [6, 6.07) is 0.172. The molecule has 17 heavy (non-hydrogen) atoms. The van der Waals surface area contributed by atoms with Gasteiger partial charge in [-0.05, 0) is 26.2 Å². The zero-order valence-corrected chi connectivity index (χ0v) is 10.1. The number of rotatable bonds is 2. The fraction of sp³-hybridized carbons (Fsp3) is 0.917. The molecule has 2 aliphatic heterocycles. The van der Waals surface area contributed by atoms with E-state index in [-0.39, 0.29) is 24.0 Å². The first-order valence-electron chi connectivity index (χ1n) is 6.51. The minimum atomic E-state index is -0.663. The van der Waals surface area contributed by atoms with E-state index in [2.05, 4.69) is 16.9 Å². The molecule has 2 saturated heterocycles. The van der Waals surface area contributed by atoms with E-state index in [1.807, 2.05) is 0 Å². The molecule has 0 amide bonds. The number of carbonyl (C=O) groups excluding carboxylic acids is 1. The molecule has 5 unspecified atom stereocenters. The van der Waals surface area contributed by atoms with Crippen molar-refractivity contribution >= 4 is 6.29 Å². The van der Waals surface area contributed by atoms with E-state index < -0.39 is 12.2 Å². The van der Waals surface area contributed by atoms with Gasteiger partial charge in [-0.1, -0.05) is 0 Å². The highest BCUT2D eigenvalue weighted by Crippen LogP contribution is 2.44. The maximum absolute atomic E-state index is 11.1. The third kappa shape index (κ3) is 1.50. The minimum Gasteiger partial charge on any atom is -0.390 e. The molecule has 5 nitrogen and oxygen atoms in total. The predicted molar refractivity (Wildman–Crippen MR) is 61.0 cm³/mol. The van der Waals surface area contributed by atoms with E-state index in [9.17, 15) is 15.0 Å². The molecule has 2 heterocycles. The third-order valence-electron chi connectivity index (χ3n) is 4.80. The molecule has 6 atom stereocenters. The van der Waals surface area contributed by atoms with E-state index in [1.54, 1.807) is 0 Å². The van der Waals surface area contributed by atoms with E-state index in [0.717, 1.165) is 32.1 Å². The molecule has 0 spiro atoms. The van der Waals surface area contributed by atoms with Crippen molar-refractivity contribution in [3.63, 3.8) is 0 Å². The summed E-state index contributed by atoms with van der Waals surface area (Å²) in [6.07, 6.45) is 2.53. The largest absolute Gasteiger partial charge is 0.390 e. The molecule has 2 N–H and O–H groups in total. The molecule has 3 rings (SSSR count). The Morgan fingerprint density at radius 1 is 1.29 bits per heavy atom. The molecule has 2 bridgehead atoms. The second kappa shape index (κ2) is 4.02. The Morgan fingerprint density at radius 3 is 2.71 bits per heavy atom. The van der Waals surface area contributed by atoms with E-state index in [4.69, 9.17) is 0 Å². The monoisotopic (exact) mass is 240 g/mol. The second-order valence-electron chi connectivity index (χ2n) is 5.58. The SMILES string of the molecule is CC1C2CC(C(O)C2O)N1N1CCC[C@H]1C=O. The lowest BCUT2D eigenvalue weighted by molar-refractivity contribution is -0.157. The Labute approximate surface area is 101 Å². The predicted octanol–water partition coefficient (Wildman–Crippen LogP) is -0.621. The molecular weight excluding hydrogens is 220 g/mol. The van der Waals surface area contributed by atoms with Gasteiger partial charge >= 0.3 is 0 Å². The fourth-order valence-corrected chi connectivity index (χ4v) is 3.91. The number of piperidine rings is 1. The van der Waals surface area contributed by atoms with Crippen molar-refractivity contribution in [3.05, 3.63) is 0 Å². The number of hydrogen-bond donors (Lipinski definition) is 2. The average Bonchev–Trinajstić information content (AvgIpc) is 2.96. The smallest absolute Gasteiger partial charge is 0.138 e. The standard InChI is InChI=1S/C12H20N2O3/c1-7-9-5-10(12(17)11(9)16)14(7)13-4-2-3-8(13)6-15/h6-12,16-17H,2-5H2,1H3/t7?,8-,9?,10?,11?,12?/m0/s1. The number of carbonyl (C=O) groups is 1. The van der Waals surface area contributed by atoms with Crippen LogP contribution in [0.25, 0.3) is 0 Å². The topological polar surface area (TPSA) is 64.0 Å². The Kier molecular flexibility index (Phi) is 2.74. The Balaban J connectivity index is 1.83. The molecule has 96 valence electrons. The van der Waals surface area contributed by atoms with Crippen molar-refractivity contribution in [3.8, 4) is 0 Å². The van der Waals surface area contributed by atoms with Crippen LogP contribution in [0.4, 0.5) is 0 Å². The van der Waals surface area contributed by atoms with Crippen molar-refractivity contribution in [2.45, 2.75) is 56.5 Å². The number of aliphatic hydroxyl groups excluding tert-OH is 2. The van der Waals surface area contributed by atoms with Gasteiger partial charge in [-0.25, -0.2) is 10.0 Å². The lowest BCUT2D eigenvalue weighted by atomic mass is 9.97. The van der Waals surface area contributed by atoms with Gasteiger partial charge in [0.15, 0.2) is 0 Å². The van der Waals surface area contributed by atoms with Crippen LogP contribution < -0.4 is 0 Å². The third-order valence-corrected chi connectivity index (χ3v) is 4.80. The lowest BCUT2D eigenvalue weighted by Crippen LogP contribution is -2.60. The molecular formula is C12H20N2O3. The van der Waals surface area contributed by atoms with Crippen LogP contribution in [0.3, 0.4) is 0 Å². The molecule has 3 aliphatic rings. The number of hydrazine groups is 1. The van der Waals surface area contributed by atoms with Crippen LogP contribution in [0.2, 0.25) is 0 Å². The molecule has 5 heteroatoms. The average molecular weight is 240 g/mol. The Morgan fingerprint density at radius 2 is 2.06 bits per heavy atom. The van der Waals surface area contributed by atoms with Crippen molar-refractivity contribution < 1.29 is 15.0 Å². The van der Waals surface area contributed by atoms with Crippen LogP contribution in [0.15, 0.2) is 0 Å². The fourth-order valence-electron chi connectivity index (χ4n) is 3.91. The molecule has 3 fully saturated rings. The zero-order chi connectivity index (χ0) is 12.2. The number of fused-ring (bicyclic) bond motifs is 2. The maximum Gasteiger partial charge on any atom is 0.138 e. The van der Waals surface area contributed by atoms with Gasteiger partial charge in [-0.2, -0.15) is 0 Å². The molecule has 1 saturated carbocycles. The summed E-state index contributed by atoms with van der Waals surface area (Å²) < 4.78 is 0. The summed E-state index contributed by atoms with van der Waals surface area (Å²) in [4.78, 5) is 11.1. The van der Waals surface area contributed by atoms with E-state index in [1.165, 1.54) is 0 Å². The number of aliphatic hydroxyl groups is 2. The van der Waals surface area contributed by atoms with Crippen molar-refractivity contribution in [2.75, 3.05) is 6.54 Å². The first-order valence-corrected chi connectivity index (χ1v) is 6.51. The summed E-state index contributed by atoms with van der Waals surface area (Å²) in [5.74, 6) is 0.142. The second-order valence-corrected chi connectivity index (χ2v) is 5.58. The van der Waals surface area contributed by atoms with Gasteiger partial charge in [0.1, 0.15) is 6.29 Å². The van der Waals surface area contributed by atoms with Gasteiger partial charge in [0.2, 0.25) is 0 Å². The highest BCUT2D eigenvalue weighted by atomic mass is 16.3. The Hall–Kier alpha value is -0.490. The van der Waals surface area contributed by atoms with Crippen LogP contribution in [0.1, 0.15) is 26.2 Å². The first kappa shape index (κ1) is 11.6. The van der Waals surface area contributed by atoms with Crippen molar-refractivity contribution in [1.29, 1.82) is 0 Å². The van der Waals surface area contributed by atoms with Crippen molar-refractivity contribution in [2.24, 2.45) is 5.92 Å².